The van der Waals surface area contributed by atoms with Crippen molar-refractivity contribution < 1.29 is 14.3 Å². The van der Waals surface area contributed by atoms with Crippen LogP contribution in [0.1, 0.15) is 38.5 Å². The molecule has 1 saturated carbocycles. The van der Waals surface area contributed by atoms with E-state index in [0.29, 0.717) is 5.90 Å². The van der Waals surface area contributed by atoms with Gasteiger partial charge in [0.2, 0.25) is 5.90 Å². The van der Waals surface area contributed by atoms with Gasteiger partial charge in [-0.25, -0.2) is 9.79 Å². The van der Waals surface area contributed by atoms with Gasteiger partial charge in [-0.05, 0) is 25.0 Å². The summed E-state index contributed by atoms with van der Waals surface area (Å²) in [7, 11) is 0. The third-order valence-electron chi connectivity index (χ3n) is 3.75. The SMILES string of the molecule is O=C1OC(/C=C/C2CC=CO2)=NC12CCCCC2. The van der Waals surface area contributed by atoms with Crippen LogP contribution in [0.15, 0.2) is 29.5 Å². The number of ether oxygens (including phenoxy) is 2. The molecule has 1 fully saturated rings. The van der Waals surface area contributed by atoms with Crippen LogP contribution in [0.25, 0.3) is 0 Å². The highest BCUT2D eigenvalue weighted by Crippen LogP contribution is 2.36. The molecule has 0 amide bonds. The van der Waals surface area contributed by atoms with E-state index >= 15 is 0 Å². The van der Waals surface area contributed by atoms with E-state index in [9.17, 15) is 4.79 Å². The molecule has 2 heterocycles. The maximum atomic E-state index is 11.9. The van der Waals surface area contributed by atoms with Gasteiger partial charge in [-0.2, -0.15) is 0 Å². The summed E-state index contributed by atoms with van der Waals surface area (Å²) >= 11 is 0. The lowest BCUT2D eigenvalue weighted by molar-refractivity contribution is -0.140. The highest BCUT2D eigenvalue weighted by Gasteiger charge is 2.45. The Hall–Kier alpha value is -1.58. The number of hydrogen-bond acceptors (Lipinski definition) is 4. The molecule has 1 aliphatic carbocycles. The predicted molar refractivity (Wildman–Crippen MR) is 67.1 cm³/mol. The fraction of sp³-hybridized carbons (Fsp3) is 0.571. The minimum Gasteiger partial charge on any atom is -0.494 e. The van der Waals surface area contributed by atoms with E-state index in [2.05, 4.69) is 4.99 Å². The van der Waals surface area contributed by atoms with Crippen molar-refractivity contribution in [1.29, 1.82) is 0 Å². The van der Waals surface area contributed by atoms with Gasteiger partial charge in [0.15, 0.2) is 5.54 Å². The molecule has 3 rings (SSSR count). The molecule has 4 heteroatoms. The first-order valence-corrected chi connectivity index (χ1v) is 6.59. The average molecular weight is 247 g/mol. The van der Waals surface area contributed by atoms with Gasteiger partial charge in [0.05, 0.1) is 6.26 Å². The van der Waals surface area contributed by atoms with E-state index in [1.807, 2.05) is 12.2 Å². The molecule has 1 atom stereocenters. The summed E-state index contributed by atoms with van der Waals surface area (Å²) in [6.07, 6.45) is 13.2. The van der Waals surface area contributed by atoms with Gasteiger partial charge in [0.25, 0.3) is 0 Å². The van der Waals surface area contributed by atoms with E-state index in [4.69, 9.17) is 9.47 Å². The van der Waals surface area contributed by atoms with E-state index in [1.165, 1.54) is 6.42 Å². The zero-order chi connectivity index (χ0) is 12.4. The number of nitrogens with zero attached hydrogens (tertiary/aromatic N) is 1. The molecule has 0 aromatic carbocycles. The van der Waals surface area contributed by atoms with Gasteiger partial charge in [-0.15, -0.1) is 0 Å². The van der Waals surface area contributed by atoms with Gasteiger partial charge < -0.3 is 9.47 Å². The van der Waals surface area contributed by atoms with Crippen LogP contribution in [0.5, 0.6) is 0 Å². The van der Waals surface area contributed by atoms with Crippen LogP contribution in [0.2, 0.25) is 0 Å². The van der Waals surface area contributed by atoms with Crippen molar-refractivity contribution in [3.63, 3.8) is 0 Å². The summed E-state index contributed by atoms with van der Waals surface area (Å²) < 4.78 is 10.6. The second kappa shape index (κ2) is 4.59. The number of esters is 1. The standard InChI is InChI=1S/C14H17NO3/c16-13-14(8-2-1-3-9-14)15-12(18-13)7-6-11-5-4-10-17-11/h4,6-7,10-11H,1-3,5,8-9H2/b7-6+. The summed E-state index contributed by atoms with van der Waals surface area (Å²) in [4.78, 5) is 16.4. The lowest BCUT2D eigenvalue weighted by Gasteiger charge is -2.25. The lowest BCUT2D eigenvalue weighted by atomic mass is 9.83. The minimum atomic E-state index is -0.577. The molecule has 0 aromatic heterocycles. The minimum absolute atomic E-state index is 0.0503. The Labute approximate surface area is 106 Å². The van der Waals surface area contributed by atoms with Crippen molar-refractivity contribution in [3.8, 4) is 0 Å². The molecule has 4 nitrogen and oxygen atoms in total. The molecular weight excluding hydrogens is 230 g/mol. The van der Waals surface area contributed by atoms with E-state index < -0.39 is 5.54 Å². The molecule has 0 N–H and O–H groups in total. The van der Waals surface area contributed by atoms with Crippen molar-refractivity contribution in [2.45, 2.75) is 50.2 Å². The number of carbonyl (C=O) groups excluding carboxylic acids is 1. The van der Waals surface area contributed by atoms with E-state index in [0.717, 1.165) is 32.1 Å². The van der Waals surface area contributed by atoms with Gasteiger partial charge in [0, 0.05) is 12.5 Å². The number of cyclic esters (lactones) is 1. The van der Waals surface area contributed by atoms with Gasteiger partial charge in [-0.3, -0.25) is 0 Å². The molecule has 3 aliphatic rings. The molecule has 96 valence electrons. The Morgan fingerprint density at radius 2 is 2.17 bits per heavy atom. The van der Waals surface area contributed by atoms with Crippen LogP contribution >= 0.6 is 0 Å². The maximum Gasteiger partial charge on any atom is 0.340 e. The fourth-order valence-corrected chi connectivity index (χ4v) is 2.71. The zero-order valence-corrected chi connectivity index (χ0v) is 10.3. The topological polar surface area (TPSA) is 47.9 Å². The fourth-order valence-electron chi connectivity index (χ4n) is 2.71. The van der Waals surface area contributed by atoms with Crippen molar-refractivity contribution >= 4 is 11.9 Å². The second-order valence-electron chi connectivity index (χ2n) is 5.07. The van der Waals surface area contributed by atoms with E-state index in [1.54, 1.807) is 12.3 Å². The quantitative estimate of drug-likeness (QED) is 0.704. The lowest BCUT2D eigenvalue weighted by Crippen LogP contribution is -2.35. The molecule has 0 saturated heterocycles. The molecular formula is C14H17NO3. The summed E-state index contributed by atoms with van der Waals surface area (Å²) in [5.41, 5.74) is -0.577. The van der Waals surface area contributed by atoms with Crippen LogP contribution in [0, 0.1) is 0 Å². The van der Waals surface area contributed by atoms with Crippen LogP contribution in [-0.2, 0) is 14.3 Å². The monoisotopic (exact) mass is 247 g/mol. The predicted octanol–water partition coefficient (Wildman–Crippen LogP) is 2.50. The van der Waals surface area contributed by atoms with Crippen molar-refractivity contribution in [2.24, 2.45) is 4.99 Å². The summed E-state index contributed by atoms with van der Waals surface area (Å²) in [5.74, 6) is 0.268. The Morgan fingerprint density at radius 3 is 2.89 bits per heavy atom. The first-order chi connectivity index (χ1) is 8.78. The number of aliphatic imine (C=N–C) groups is 1. The second-order valence-corrected chi connectivity index (χ2v) is 5.07. The summed E-state index contributed by atoms with van der Waals surface area (Å²) in [6, 6.07) is 0. The van der Waals surface area contributed by atoms with Gasteiger partial charge in [-0.1, -0.05) is 19.3 Å². The molecule has 0 bridgehead atoms. The average Bonchev–Trinajstić information content (AvgIpc) is 2.98. The Kier molecular flexibility index (Phi) is 2.94. The Balaban J connectivity index is 1.69. The molecule has 0 radical (unpaired) electrons. The number of carbonyl (C=O) groups is 1. The highest BCUT2D eigenvalue weighted by molar-refractivity contribution is 6.04. The van der Waals surface area contributed by atoms with Crippen molar-refractivity contribution in [3.05, 3.63) is 24.5 Å². The van der Waals surface area contributed by atoms with Crippen molar-refractivity contribution in [1.82, 2.24) is 0 Å². The summed E-state index contributed by atoms with van der Waals surface area (Å²) in [6.45, 7) is 0. The largest absolute Gasteiger partial charge is 0.494 e. The number of hydrogen-bond donors (Lipinski definition) is 0. The van der Waals surface area contributed by atoms with Crippen LogP contribution < -0.4 is 0 Å². The number of rotatable bonds is 2. The van der Waals surface area contributed by atoms with Crippen LogP contribution in [-0.4, -0.2) is 23.5 Å². The molecule has 1 spiro atoms. The van der Waals surface area contributed by atoms with E-state index in [-0.39, 0.29) is 12.1 Å². The molecule has 18 heavy (non-hydrogen) atoms. The van der Waals surface area contributed by atoms with Crippen LogP contribution in [0.3, 0.4) is 0 Å². The Morgan fingerprint density at radius 1 is 1.33 bits per heavy atom. The highest BCUT2D eigenvalue weighted by atomic mass is 16.6. The first kappa shape index (κ1) is 11.5. The molecule has 0 aromatic rings. The molecule has 1 unspecified atom stereocenters. The summed E-state index contributed by atoms with van der Waals surface area (Å²) in [5, 5.41) is 0. The van der Waals surface area contributed by atoms with Gasteiger partial charge >= 0.3 is 5.97 Å². The molecule has 2 aliphatic heterocycles. The maximum absolute atomic E-state index is 11.9. The third kappa shape index (κ3) is 2.07. The van der Waals surface area contributed by atoms with Crippen LogP contribution in [0.4, 0.5) is 0 Å². The third-order valence-corrected chi connectivity index (χ3v) is 3.75. The van der Waals surface area contributed by atoms with Crippen molar-refractivity contribution in [2.75, 3.05) is 0 Å². The smallest absolute Gasteiger partial charge is 0.340 e. The normalized spacial score (nSPS) is 29.7. The van der Waals surface area contributed by atoms with Gasteiger partial charge in [0.1, 0.15) is 6.10 Å². The first-order valence-electron chi connectivity index (χ1n) is 6.59. The zero-order valence-electron chi connectivity index (χ0n) is 10.3. The Bertz CT molecular complexity index is 422.